The van der Waals surface area contributed by atoms with Crippen molar-refractivity contribution in [2.45, 2.75) is 25.1 Å². The number of halogens is 3. The second-order valence-corrected chi connectivity index (χ2v) is 8.76. The first-order valence-electron chi connectivity index (χ1n) is 7.11. The SMILES string of the molecule is COC(C)(C)C#Cc1cc(C(N)=O)cc2c(Br)c(C(F)(F)P(O)O)sc12. The topological polar surface area (TPSA) is 92.8 Å². The van der Waals surface area contributed by atoms with Crippen LogP contribution in [0, 0.1) is 11.8 Å². The van der Waals surface area contributed by atoms with Crippen molar-refractivity contribution >= 4 is 51.6 Å². The van der Waals surface area contributed by atoms with Crippen LogP contribution >= 0.6 is 35.6 Å². The fourth-order valence-corrected chi connectivity index (χ4v) is 4.74. The van der Waals surface area contributed by atoms with E-state index in [-0.39, 0.29) is 15.4 Å². The molecule has 0 unspecified atom stereocenters. The molecule has 2 rings (SSSR count). The van der Waals surface area contributed by atoms with Crippen LogP contribution in [0.25, 0.3) is 10.1 Å². The van der Waals surface area contributed by atoms with E-state index < -0.39 is 30.4 Å². The first-order valence-corrected chi connectivity index (χ1v) is 9.97. The van der Waals surface area contributed by atoms with Gasteiger partial charge >= 0.3 is 5.66 Å². The molecule has 1 aromatic carbocycles. The number of fused-ring (bicyclic) bond motifs is 1. The summed E-state index contributed by atoms with van der Waals surface area (Å²) < 4.78 is 33.9. The molecular formula is C16H15BrF2NO4PS. The zero-order valence-corrected chi connectivity index (χ0v) is 17.2. The van der Waals surface area contributed by atoms with E-state index in [4.69, 9.17) is 20.3 Å². The molecule has 0 fully saturated rings. The van der Waals surface area contributed by atoms with Gasteiger partial charge in [-0.25, -0.2) is 0 Å². The normalized spacial score (nSPS) is 12.3. The minimum absolute atomic E-state index is 0.0322. The average Bonchev–Trinajstić information content (AvgIpc) is 2.90. The van der Waals surface area contributed by atoms with Crippen LogP contribution in [0.3, 0.4) is 0 Å². The maximum absolute atomic E-state index is 14.2. The van der Waals surface area contributed by atoms with E-state index in [2.05, 4.69) is 27.8 Å². The number of rotatable bonds is 4. The van der Waals surface area contributed by atoms with Crippen LogP contribution in [-0.4, -0.2) is 28.4 Å². The molecular weight excluding hydrogens is 451 g/mol. The first kappa shape index (κ1) is 21.2. The van der Waals surface area contributed by atoms with Crippen molar-refractivity contribution in [2.75, 3.05) is 7.11 Å². The number of thiophene rings is 1. The van der Waals surface area contributed by atoms with Gasteiger partial charge in [0, 0.05) is 28.1 Å². The van der Waals surface area contributed by atoms with Crippen LogP contribution in [0.15, 0.2) is 16.6 Å². The average molecular weight is 466 g/mol. The Hall–Kier alpha value is -1.14. The molecule has 1 amide bonds. The number of hydrogen-bond donors (Lipinski definition) is 3. The summed E-state index contributed by atoms with van der Waals surface area (Å²) >= 11 is 3.74. The molecule has 140 valence electrons. The van der Waals surface area contributed by atoms with Crippen LogP contribution in [0.4, 0.5) is 8.78 Å². The van der Waals surface area contributed by atoms with Gasteiger partial charge in [0.05, 0.1) is 9.58 Å². The summed E-state index contributed by atoms with van der Waals surface area (Å²) in [7, 11) is -2.05. The first-order chi connectivity index (χ1) is 11.9. The molecule has 0 saturated carbocycles. The number of nitrogens with two attached hydrogens (primary N) is 1. The van der Waals surface area contributed by atoms with E-state index in [0.29, 0.717) is 21.6 Å². The van der Waals surface area contributed by atoms with Crippen molar-refractivity contribution in [3.8, 4) is 11.8 Å². The Morgan fingerprint density at radius 2 is 2.00 bits per heavy atom. The lowest BCUT2D eigenvalue weighted by Gasteiger charge is -2.15. The summed E-state index contributed by atoms with van der Waals surface area (Å²) in [6, 6.07) is 2.77. The van der Waals surface area contributed by atoms with Crippen molar-refractivity contribution in [2.24, 2.45) is 5.73 Å². The lowest BCUT2D eigenvalue weighted by Crippen LogP contribution is -2.19. The van der Waals surface area contributed by atoms with Crippen LogP contribution in [0.5, 0.6) is 0 Å². The molecule has 0 bridgehead atoms. The fraction of sp³-hybridized carbons (Fsp3) is 0.312. The summed E-state index contributed by atoms with van der Waals surface area (Å²) in [5.41, 5.74) is 1.11. The van der Waals surface area contributed by atoms with E-state index in [1.165, 1.54) is 19.2 Å². The highest BCUT2D eigenvalue weighted by molar-refractivity contribution is 9.10. The van der Waals surface area contributed by atoms with Crippen LogP contribution < -0.4 is 5.73 Å². The molecule has 0 aliphatic rings. The third-order valence-electron chi connectivity index (χ3n) is 3.55. The summed E-state index contributed by atoms with van der Waals surface area (Å²) in [6.45, 7) is 3.45. The summed E-state index contributed by atoms with van der Waals surface area (Å²) in [4.78, 5) is 29.2. The summed E-state index contributed by atoms with van der Waals surface area (Å²) in [5, 5.41) is 0.289. The maximum atomic E-state index is 14.2. The number of benzene rings is 1. The molecule has 26 heavy (non-hydrogen) atoms. The molecule has 1 heterocycles. The van der Waals surface area contributed by atoms with E-state index >= 15 is 0 Å². The highest BCUT2D eigenvalue weighted by Gasteiger charge is 2.44. The van der Waals surface area contributed by atoms with Gasteiger partial charge in [-0.2, -0.15) is 8.78 Å². The van der Waals surface area contributed by atoms with Gasteiger partial charge in [0.25, 0.3) is 0 Å². The number of ether oxygens (including phenoxy) is 1. The van der Waals surface area contributed by atoms with E-state index in [1.54, 1.807) is 13.8 Å². The molecule has 4 N–H and O–H groups in total. The Morgan fingerprint density at radius 1 is 1.38 bits per heavy atom. The summed E-state index contributed by atoms with van der Waals surface area (Å²) in [6.07, 6.45) is 0. The quantitative estimate of drug-likeness (QED) is 0.471. The molecule has 5 nitrogen and oxygen atoms in total. The van der Waals surface area contributed by atoms with Gasteiger partial charge < -0.3 is 20.3 Å². The van der Waals surface area contributed by atoms with E-state index in [1.807, 2.05) is 0 Å². The maximum Gasteiger partial charge on any atom is 0.349 e. The van der Waals surface area contributed by atoms with Gasteiger partial charge in [-0.05, 0) is 41.9 Å². The highest BCUT2D eigenvalue weighted by atomic mass is 79.9. The molecule has 1 aromatic heterocycles. The van der Waals surface area contributed by atoms with Crippen molar-refractivity contribution in [3.63, 3.8) is 0 Å². The number of amides is 1. The second kappa shape index (κ2) is 7.47. The smallest absolute Gasteiger partial charge is 0.349 e. The van der Waals surface area contributed by atoms with Gasteiger partial charge in [0.1, 0.15) is 5.60 Å². The van der Waals surface area contributed by atoms with Crippen molar-refractivity contribution in [3.05, 3.63) is 32.6 Å². The van der Waals surface area contributed by atoms with Crippen LogP contribution in [0.2, 0.25) is 0 Å². The zero-order valence-electron chi connectivity index (χ0n) is 13.9. The molecule has 0 saturated heterocycles. The molecule has 0 aliphatic carbocycles. The van der Waals surface area contributed by atoms with Gasteiger partial charge in [-0.15, -0.1) is 11.3 Å². The number of carbonyl (C=O) groups excluding carboxylic acids is 1. The summed E-state index contributed by atoms with van der Waals surface area (Å²) in [5.74, 6) is 4.96. The molecule has 0 atom stereocenters. The predicted octanol–water partition coefficient (Wildman–Crippen LogP) is 3.89. The number of primary amides is 1. The van der Waals surface area contributed by atoms with Crippen molar-refractivity contribution in [1.29, 1.82) is 0 Å². The monoisotopic (exact) mass is 465 g/mol. The van der Waals surface area contributed by atoms with Gasteiger partial charge in [-0.3, -0.25) is 4.79 Å². The lowest BCUT2D eigenvalue weighted by molar-refractivity contribution is 0.0741. The number of methoxy groups -OCH3 is 1. The number of hydrogen-bond acceptors (Lipinski definition) is 5. The lowest BCUT2D eigenvalue weighted by atomic mass is 10.1. The molecule has 0 spiro atoms. The highest BCUT2D eigenvalue weighted by Crippen LogP contribution is 2.58. The van der Waals surface area contributed by atoms with Crippen molar-refractivity contribution in [1.82, 2.24) is 0 Å². The Kier molecular flexibility index (Phi) is 6.08. The minimum Gasteiger partial charge on any atom is -0.366 e. The predicted molar refractivity (Wildman–Crippen MR) is 101 cm³/mol. The second-order valence-electron chi connectivity index (χ2n) is 5.81. The zero-order chi connectivity index (χ0) is 19.9. The third kappa shape index (κ3) is 4.06. The Labute approximate surface area is 162 Å². The largest absolute Gasteiger partial charge is 0.366 e. The Balaban J connectivity index is 2.81. The standard InChI is InChI=1S/C16H15BrF2NO4PS/c1-15(2,24-3)5-4-8-6-9(14(20)21)7-10-11(17)13(26-12(8)10)16(18,19)25(22)23/h6-7,22-23H,1-3H3,(H2,20,21). The van der Waals surface area contributed by atoms with Crippen LogP contribution in [0.1, 0.15) is 34.6 Å². The molecule has 2 aromatic rings. The minimum atomic E-state index is -3.83. The fourth-order valence-electron chi connectivity index (χ4n) is 1.96. The number of alkyl halides is 2. The molecule has 0 radical (unpaired) electrons. The number of carbonyl (C=O) groups is 1. The Morgan fingerprint density at radius 3 is 2.50 bits per heavy atom. The van der Waals surface area contributed by atoms with E-state index in [0.717, 1.165) is 0 Å². The third-order valence-corrected chi connectivity index (χ3v) is 6.82. The van der Waals surface area contributed by atoms with Gasteiger partial charge in [0.2, 0.25) is 14.3 Å². The molecule has 0 aliphatic heterocycles. The Bertz CT molecular complexity index is 934. The van der Waals surface area contributed by atoms with Gasteiger partial charge in [0.15, 0.2) is 0 Å². The van der Waals surface area contributed by atoms with Crippen molar-refractivity contribution < 1.29 is 28.1 Å². The van der Waals surface area contributed by atoms with Crippen LogP contribution in [-0.2, 0) is 10.4 Å². The van der Waals surface area contributed by atoms with E-state index in [9.17, 15) is 13.6 Å². The van der Waals surface area contributed by atoms with Gasteiger partial charge in [-0.1, -0.05) is 11.8 Å². The molecule has 10 heteroatoms.